The molecule has 0 bridgehead atoms. The van der Waals surface area contributed by atoms with Crippen LogP contribution in [0, 0.1) is 11.8 Å². The molecule has 1 amide bonds. The molecule has 0 spiro atoms. The van der Waals surface area contributed by atoms with Crippen LogP contribution in [0.15, 0.2) is 0 Å². The van der Waals surface area contributed by atoms with Gasteiger partial charge in [0.25, 0.3) is 0 Å². The van der Waals surface area contributed by atoms with Crippen LogP contribution in [0.4, 0.5) is 0 Å². The first kappa shape index (κ1) is 11.5. The Hall–Kier alpha value is -0.570. The zero-order valence-electron chi connectivity index (χ0n) is 9.63. The van der Waals surface area contributed by atoms with Crippen LogP contribution in [0.5, 0.6) is 0 Å². The second-order valence-electron chi connectivity index (χ2n) is 4.96. The number of carbonyl (C=O) groups excluding carboxylic acids is 1. The summed E-state index contributed by atoms with van der Waals surface area (Å²) in [6.45, 7) is 9.36. The molecule has 1 aliphatic rings. The van der Waals surface area contributed by atoms with Crippen molar-refractivity contribution in [1.29, 1.82) is 0 Å². The van der Waals surface area contributed by atoms with Crippen LogP contribution < -0.4 is 10.6 Å². The Balaban J connectivity index is 2.49. The van der Waals surface area contributed by atoms with Crippen molar-refractivity contribution in [2.75, 3.05) is 6.54 Å². The molecule has 0 aromatic rings. The third-order valence-electron chi connectivity index (χ3n) is 2.64. The van der Waals surface area contributed by atoms with Gasteiger partial charge in [-0.3, -0.25) is 4.79 Å². The lowest BCUT2D eigenvalue weighted by molar-refractivity contribution is -0.126. The van der Waals surface area contributed by atoms with Crippen molar-refractivity contribution < 1.29 is 4.79 Å². The molecule has 1 heterocycles. The summed E-state index contributed by atoms with van der Waals surface area (Å²) in [7, 11) is 0. The standard InChI is InChI=1S/C11H22N2O/c1-7(2)5-9-6-12-11(14)10(13-9)8(3)4/h7-10,13H,5-6H2,1-4H3,(H,12,14)/t9?,10-/m0/s1. The van der Waals surface area contributed by atoms with Crippen LogP contribution in [0.2, 0.25) is 0 Å². The molecular weight excluding hydrogens is 176 g/mol. The fourth-order valence-corrected chi connectivity index (χ4v) is 1.94. The van der Waals surface area contributed by atoms with Gasteiger partial charge in [0, 0.05) is 12.6 Å². The van der Waals surface area contributed by atoms with Crippen molar-refractivity contribution in [3.63, 3.8) is 0 Å². The molecule has 1 fully saturated rings. The predicted octanol–water partition coefficient (Wildman–Crippen LogP) is 1.15. The van der Waals surface area contributed by atoms with Gasteiger partial charge >= 0.3 is 0 Å². The van der Waals surface area contributed by atoms with Crippen LogP contribution in [0.3, 0.4) is 0 Å². The summed E-state index contributed by atoms with van der Waals surface area (Å²) in [5.74, 6) is 1.19. The van der Waals surface area contributed by atoms with Gasteiger partial charge in [0.15, 0.2) is 0 Å². The van der Waals surface area contributed by atoms with Crippen molar-refractivity contribution in [3.05, 3.63) is 0 Å². The molecule has 2 N–H and O–H groups in total. The first-order valence-electron chi connectivity index (χ1n) is 5.54. The summed E-state index contributed by atoms with van der Waals surface area (Å²) in [4.78, 5) is 11.5. The predicted molar refractivity (Wildman–Crippen MR) is 58.0 cm³/mol. The zero-order chi connectivity index (χ0) is 10.7. The van der Waals surface area contributed by atoms with E-state index in [9.17, 15) is 4.79 Å². The number of amides is 1. The van der Waals surface area contributed by atoms with E-state index in [0.717, 1.165) is 13.0 Å². The molecule has 0 aromatic heterocycles. The lowest BCUT2D eigenvalue weighted by atomic mass is 9.96. The maximum absolute atomic E-state index is 11.5. The van der Waals surface area contributed by atoms with Gasteiger partial charge in [-0.1, -0.05) is 27.7 Å². The van der Waals surface area contributed by atoms with Crippen LogP contribution in [0.1, 0.15) is 34.1 Å². The number of carbonyl (C=O) groups is 1. The molecule has 1 rings (SSSR count). The maximum Gasteiger partial charge on any atom is 0.237 e. The number of hydrogen-bond acceptors (Lipinski definition) is 2. The fourth-order valence-electron chi connectivity index (χ4n) is 1.94. The Morgan fingerprint density at radius 3 is 2.50 bits per heavy atom. The van der Waals surface area contributed by atoms with Crippen LogP contribution >= 0.6 is 0 Å². The average Bonchev–Trinajstić information content (AvgIpc) is 2.07. The Morgan fingerprint density at radius 2 is 2.00 bits per heavy atom. The van der Waals surface area contributed by atoms with E-state index < -0.39 is 0 Å². The molecule has 0 radical (unpaired) electrons. The Bertz CT molecular complexity index is 201. The van der Waals surface area contributed by atoms with Crippen molar-refractivity contribution in [2.24, 2.45) is 11.8 Å². The molecule has 1 aliphatic heterocycles. The first-order chi connectivity index (χ1) is 6.50. The lowest BCUT2D eigenvalue weighted by Crippen LogP contribution is -2.60. The van der Waals surface area contributed by atoms with Crippen molar-refractivity contribution in [2.45, 2.75) is 46.2 Å². The molecule has 2 atom stereocenters. The highest BCUT2D eigenvalue weighted by Gasteiger charge is 2.29. The molecule has 3 nitrogen and oxygen atoms in total. The fraction of sp³-hybridized carbons (Fsp3) is 0.909. The summed E-state index contributed by atoms with van der Waals surface area (Å²) >= 11 is 0. The van der Waals surface area contributed by atoms with Gasteiger partial charge in [-0.15, -0.1) is 0 Å². The highest BCUT2D eigenvalue weighted by molar-refractivity contribution is 5.82. The van der Waals surface area contributed by atoms with E-state index in [-0.39, 0.29) is 11.9 Å². The molecule has 1 saturated heterocycles. The van der Waals surface area contributed by atoms with Crippen molar-refractivity contribution >= 4 is 5.91 Å². The van der Waals surface area contributed by atoms with E-state index in [1.807, 2.05) is 0 Å². The second kappa shape index (κ2) is 4.78. The monoisotopic (exact) mass is 198 g/mol. The van der Waals surface area contributed by atoms with Gasteiger partial charge in [0.05, 0.1) is 6.04 Å². The van der Waals surface area contributed by atoms with Crippen LogP contribution in [-0.2, 0) is 4.79 Å². The molecule has 14 heavy (non-hydrogen) atoms. The van der Waals surface area contributed by atoms with Gasteiger partial charge in [0.1, 0.15) is 0 Å². The number of rotatable bonds is 3. The van der Waals surface area contributed by atoms with Crippen LogP contribution in [0.25, 0.3) is 0 Å². The maximum atomic E-state index is 11.5. The highest BCUT2D eigenvalue weighted by atomic mass is 16.2. The molecule has 3 heteroatoms. The van der Waals surface area contributed by atoms with Crippen LogP contribution in [-0.4, -0.2) is 24.5 Å². The quantitative estimate of drug-likeness (QED) is 0.714. The third-order valence-corrected chi connectivity index (χ3v) is 2.64. The molecule has 1 unspecified atom stereocenters. The topological polar surface area (TPSA) is 41.1 Å². The normalized spacial score (nSPS) is 28.3. The molecule has 82 valence electrons. The molecule has 0 aromatic carbocycles. The van der Waals surface area contributed by atoms with Gasteiger partial charge in [-0.2, -0.15) is 0 Å². The summed E-state index contributed by atoms with van der Waals surface area (Å²) in [6, 6.07) is 0.438. The minimum atomic E-state index is -0.00694. The van der Waals surface area contributed by atoms with E-state index >= 15 is 0 Å². The third kappa shape index (κ3) is 2.98. The Morgan fingerprint density at radius 1 is 1.36 bits per heavy atom. The largest absolute Gasteiger partial charge is 0.353 e. The van der Waals surface area contributed by atoms with E-state index in [1.165, 1.54) is 0 Å². The zero-order valence-corrected chi connectivity index (χ0v) is 9.63. The molecular formula is C11H22N2O. The van der Waals surface area contributed by atoms with Gasteiger partial charge < -0.3 is 10.6 Å². The minimum absolute atomic E-state index is 0.00694. The van der Waals surface area contributed by atoms with Gasteiger partial charge in [0.2, 0.25) is 5.91 Å². The van der Waals surface area contributed by atoms with Gasteiger partial charge in [-0.25, -0.2) is 0 Å². The van der Waals surface area contributed by atoms with Crippen molar-refractivity contribution in [1.82, 2.24) is 10.6 Å². The smallest absolute Gasteiger partial charge is 0.237 e. The summed E-state index contributed by atoms with van der Waals surface area (Å²) < 4.78 is 0. The first-order valence-corrected chi connectivity index (χ1v) is 5.54. The van der Waals surface area contributed by atoms with Crippen molar-refractivity contribution in [3.8, 4) is 0 Å². The second-order valence-corrected chi connectivity index (χ2v) is 4.96. The summed E-state index contributed by atoms with van der Waals surface area (Å²) in [5, 5.41) is 6.39. The van der Waals surface area contributed by atoms with E-state index in [1.54, 1.807) is 0 Å². The lowest BCUT2D eigenvalue weighted by Gasteiger charge is -2.33. The molecule has 0 saturated carbocycles. The van der Waals surface area contributed by atoms with Gasteiger partial charge in [-0.05, 0) is 18.3 Å². The SMILES string of the molecule is CC(C)CC1CNC(=O)[C@H](C(C)C)N1. The Labute approximate surface area is 86.6 Å². The van der Waals surface area contributed by atoms with E-state index in [0.29, 0.717) is 17.9 Å². The average molecular weight is 198 g/mol. The minimum Gasteiger partial charge on any atom is -0.353 e. The Kier molecular flexibility index (Phi) is 3.93. The number of hydrogen-bond donors (Lipinski definition) is 2. The van der Waals surface area contributed by atoms with E-state index in [4.69, 9.17) is 0 Å². The number of piperazine rings is 1. The van der Waals surface area contributed by atoms with E-state index in [2.05, 4.69) is 38.3 Å². The summed E-state index contributed by atoms with van der Waals surface area (Å²) in [6.07, 6.45) is 1.13. The number of nitrogens with one attached hydrogen (secondary N) is 2. The summed E-state index contributed by atoms with van der Waals surface area (Å²) in [5.41, 5.74) is 0. The highest BCUT2D eigenvalue weighted by Crippen LogP contribution is 2.11. The molecule has 0 aliphatic carbocycles.